The standard InChI is InChI=1S/C21H20Cl2N2O4/c1-21(2,3)19(27)29-14-8-5-12(6-9-14)17-18(26)25(20(28)24(17)4)13-7-10-15(22)16(23)11-13/h5-11,17H,1-4H3. The van der Waals surface area contributed by atoms with Crippen molar-refractivity contribution >= 4 is 46.8 Å². The van der Waals surface area contributed by atoms with E-state index in [4.69, 9.17) is 27.9 Å². The van der Waals surface area contributed by atoms with E-state index in [0.717, 1.165) is 4.90 Å². The van der Waals surface area contributed by atoms with Gasteiger partial charge in [-0.3, -0.25) is 9.59 Å². The second-order valence-electron chi connectivity index (χ2n) is 7.78. The van der Waals surface area contributed by atoms with Crippen molar-refractivity contribution in [3.63, 3.8) is 0 Å². The summed E-state index contributed by atoms with van der Waals surface area (Å²) in [6.07, 6.45) is 0. The van der Waals surface area contributed by atoms with Crippen molar-refractivity contribution < 1.29 is 19.1 Å². The second kappa shape index (κ2) is 7.69. The normalized spacial score (nSPS) is 17.1. The number of imide groups is 1. The fraction of sp³-hybridized carbons (Fsp3) is 0.286. The van der Waals surface area contributed by atoms with Crippen LogP contribution in [0.1, 0.15) is 32.4 Å². The molecule has 2 aromatic rings. The molecule has 1 fully saturated rings. The number of carbonyl (C=O) groups is 3. The van der Waals surface area contributed by atoms with Crippen LogP contribution in [0, 0.1) is 5.41 Å². The molecule has 0 N–H and O–H groups in total. The second-order valence-corrected chi connectivity index (χ2v) is 8.59. The molecule has 29 heavy (non-hydrogen) atoms. The number of hydrogen-bond donors (Lipinski definition) is 0. The lowest BCUT2D eigenvalue weighted by atomic mass is 9.97. The van der Waals surface area contributed by atoms with Crippen molar-refractivity contribution in [1.82, 2.24) is 4.90 Å². The zero-order valence-corrected chi connectivity index (χ0v) is 17.9. The molecule has 3 rings (SSSR count). The van der Waals surface area contributed by atoms with Crippen LogP contribution in [0.2, 0.25) is 10.0 Å². The smallest absolute Gasteiger partial charge is 0.332 e. The Balaban J connectivity index is 1.85. The third-order valence-electron chi connectivity index (χ3n) is 4.51. The molecule has 0 saturated carbocycles. The van der Waals surface area contributed by atoms with Crippen LogP contribution in [-0.2, 0) is 9.59 Å². The average molecular weight is 435 g/mol. The molecule has 0 aromatic heterocycles. The quantitative estimate of drug-likeness (QED) is 0.383. The summed E-state index contributed by atoms with van der Waals surface area (Å²) in [5, 5.41) is 0.584. The number of urea groups is 1. The Hall–Kier alpha value is -2.57. The van der Waals surface area contributed by atoms with Gasteiger partial charge in [0.1, 0.15) is 11.8 Å². The predicted molar refractivity (Wildman–Crippen MR) is 111 cm³/mol. The Kier molecular flexibility index (Phi) is 5.61. The number of likely N-dealkylation sites (N-methyl/N-ethyl adjacent to an activating group) is 1. The number of benzene rings is 2. The molecular weight excluding hydrogens is 415 g/mol. The molecule has 1 heterocycles. The minimum atomic E-state index is -0.802. The lowest BCUT2D eigenvalue weighted by Crippen LogP contribution is -2.31. The predicted octanol–water partition coefficient (Wildman–Crippen LogP) is 5.08. The van der Waals surface area contributed by atoms with E-state index in [1.165, 1.54) is 17.0 Å². The lowest BCUT2D eigenvalue weighted by Gasteiger charge is -2.18. The first-order valence-electron chi connectivity index (χ1n) is 8.89. The molecule has 1 saturated heterocycles. The number of halogens is 2. The minimum absolute atomic E-state index is 0.251. The summed E-state index contributed by atoms with van der Waals surface area (Å²) in [5.74, 6) is -0.398. The van der Waals surface area contributed by atoms with Crippen LogP contribution in [0.3, 0.4) is 0 Å². The summed E-state index contributed by atoms with van der Waals surface area (Å²) in [7, 11) is 1.55. The highest BCUT2D eigenvalue weighted by molar-refractivity contribution is 6.42. The molecule has 1 aliphatic rings. The number of esters is 1. The zero-order valence-electron chi connectivity index (χ0n) is 16.4. The van der Waals surface area contributed by atoms with Crippen LogP contribution in [0.4, 0.5) is 10.5 Å². The number of amides is 3. The topological polar surface area (TPSA) is 66.9 Å². The van der Waals surface area contributed by atoms with Gasteiger partial charge in [-0.15, -0.1) is 0 Å². The van der Waals surface area contributed by atoms with Crippen LogP contribution < -0.4 is 9.64 Å². The van der Waals surface area contributed by atoms with E-state index in [-0.39, 0.29) is 11.0 Å². The average Bonchev–Trinajstić information content (AvgIpc) is 2.87. The van der Waals surface area contributed by atoms with Gasteiger partial charge in [-0.25, -0.2) is 9.69 Å². The third-order valence-corrected chi connectivity index (χ3v) is 5.25. The summed E-state index contributed by atoms with van der Waals surface area (Å²) in [6, 6.07) is 9.84. The van der Waals surface area contributed by atoms with Gasteiger partial charge < -0.3 is 9.64 Å². The molecule has 2 aromatic carbocycles. The zero-order chi connectivity index (χ0) is 21.5. The van der Waals surface area contributed by atoms with Gasteiger partial charge in [0.15, 0.2) is 0 Å². The highest BCUT2D eigenvalue weighted by atomic mass is 35.5. The maximum atomic E-state index is 13.0. The van der Waals surface area contributed by atoms with Crippen molar-refractivity contribution in [3.05, 3.63) is 58.1 Å². The van der Waals surface area contributed by atoms with E-state index in [9.17, 15) is 14.4 Å². The first kappa shape index (κ1) is 21.1. The van der Waals surface area contributed by atoms with Crippen molar-refractivity contribution in [2.75, 3.05) is 11.9 Å². The SMILES string of the molecule is CN1C(=O)N(c2ccc(Cl)c(Cl)c2)C(=O)C1c1ccc(OC(=O)C(C)(C)C)cc1. The fourth-order valence-corrected chi connectivity index (χ4v) is 3.15. The molecule has 3 amide bonds. The number of carbonyl (C=O) groups excluding carboxylic acids is 3. The minimum Gasteiger partial charge on any atom is -0.426 e. The van der Waals surface area contributed by atoms with Gasteiger partial charge in [0, 0.05) is 7.05 Å². The Bertz CT molecular complexity index is 983. The van der Waals surface area contributed by atoms with Crippen molar-refractivity contribution in [2.24, 2.45) is 5.41 Å². The van der Waals surface area contributed by atoms with Crippen LogP contribution in [0.5, 0.6) is 5.75 Å². The summed E-state index contributed by atoms with van der Waals surface area (Å²) in [5.41, 5.74) is 0.316. The molecule has 152 valence electrons. The largest absolute Gasteiger partial charge is 0.426 e. The first-order valence-corrected chi connectivity index (χ1v) is 9.64. The molecule has 6 nitrogen and oxygen atoms in total. The summed E-state index contributed by atoms with van der Waals surface area (Å²) >= 11 is 12.0. The summed E-state index contributed by atoms with van der Waals surface area (Å²) < 4.78 is 5.34. The maximum absolute atomic E-state index is 13.0. The Morgan fingerprint density at radius 2 is 1.62 bits per heavy atom. The molecule has 1 atom stereocenters. The van der Waals surface area contributed by atoms with Crippen LogP contribution in [0.15, 0.2) is 42.5 Å². The molecular formula is C21H20Cl2N2O4. The number of hydrogen-bond acceptors (Lipinski definition) is 4. The summed E-state index contributed by atoms with van der Waals surface area (Å²) in [6.45, 7) is 5.29. The molecule has 1 unspecified atom stereocenters. The number of nitrogens with zero attached hydrogens (tertiary/aromatic N) is 2. The molecule has 0 bridgehead atoms. The Labute approximate surface area is 178 Å². The Morgan fingerprint density at radius 3 is 2.17 bits per heavy atom. The highest BCUT2D eigenvalue weighted by Gasteiger charge is 2.44. The van der Waals surface area contributed by atoms with Crippen molar-refractivity contribution in [2.45, 2.75) is 26.8 Å². The number of anilines is 1. The maximum Gasteiger partial charge on any atom is 0.332 e. The van der Waals surface area contributed by atoms with E-state index in [1.807, 2.05) is 0 Å². The van der Waals surface area contributed by atoms with Gasteiger partial charge in [-0.1, -0.05) is 35.3 Å². The van der Waals surface area contributed by atoms with Gasteiger partial charge in [0.2, 0.25) is 0 Å². The monoisotopic (exact) mass is 434 g/mol. The van der Waals surface area contributed by atoms with E-state index < -0.39 is 23.4 Å². The highest BCUT2D eigenvalue weighted by Crippen LogP contribution is 2.36. The lowest BCUT2D eigenvalue weighted by molar-refractivity contribution is -0.143. The van der Waals surface area contributed by atoms with Crippen LogP contribution >= 0.6 is 23.2 Å². The van der Waals surface area contributed by atoms with E-state index in [1.54, 1.807) is 58.2 Å². The van der Waals surface area contributed by atoms with Crippen LogP contribution in [-0.4, -0.2) is 29.9 Å². The van der Waals surface area contributed by atoms with E-state index in [0.29, 0.717) is 22.0 Å². The fourth-order valence-electron chi connectivity index (χ4n) is 2.86. The molecule has 0 aliphatic carbocycles. The molecule has 8 heteroatoms. The third kappa shape index (κ3) is 4.09. The van der Waals surface area contributed by atoms with Gasteiger partial charge >= 0.3 is 12.0 Å². The molecule has 0 spiro atoms. The molecule has 0 radical (unpaired) electrons. The van der Waals surface area contributed by atoms with Gasteiger partial charge in [-0.05, 0) is 56.7 Å². The van der Waals surface area contributed by atoms with Crippen molar-refractivity contribution in [3.8, 4) is 5.75 Å². The number of rotatable bonds is 3. The van der Waals surface area contributed by atoms with Crippen molar-refractivity contribution in [1.29, 1.82) is 0 Å². The van der Waals surface area contributed by atoms with Crippen LogP contribution in [0.25, 0.3) is 0 Å². The van der Waals surface area contributed by atoms with Gasteiger partial charge in [0.05, 0.1) is 21.1 Å². The molecule has 1 aliphatic heterocycles. The van der Waals surface area contributed by atoms with E-state index >= 15 is 0 Å². The Morgan fingerprint density at radius 1 is 1.00 bits per heavy atom. The van der Waals surface area contributed by atoms with Gasteiger partial charge in [0.25, 0.3) is 5.91 Å². The first-order chi connectivity index (χ1) is 13.5. The summed E-state index contributed by atoms with van der Waals surface area (Å²) in [4.78, 5) is 40.2. The number of ether oxygens (including phenoxy) is 1. The van der Waals surface area contributed by atoms with Gasteiger partial charge in [-0.2, -0.15) is 0 Å². The van der Waals surface area contributed by atoms with E-state index in [2.05, 4.69) is 0 Å².